The lowest BCUT2D eigenvalue weighted by atomic mass is 10.1. The number of Topliss-reactive ketones (excluding diaryl/α,β-unsaturated/α-hetero) is 1. The molecule has 0 spiro atoms. The first-order valence-corrected chi connectivity index (χ1v) is 8.91. The highest BCUT2D eigenvalue weighted by molar-refractivity contribution is 7.92. The minimum absolute atomic E-state index is 0.0878. The summed E-state index contributed by atoms with van der Waals surface area (Å²) in [7, 11) is -3.47. The zero-order valence-corrected chi connectivity index (χ0v) is 12.9. The van der Waals surface area contributed by atoms with Crippen LogP contribution in [0.1, 0.15) is 30.1 Å². The van der Waals surface area contributed by atoms with Crippen LogP contribution in [0, 0.1) is 0 Å². The SMILES string of the molecule is CCOc1ccccc1C(=O)CS(=O)(=O)CC1CCCO1. The van der Waals surface area contributed by atoms with Crippen LogP contribution >= 0.6 is 0 Å². The number of hydrogen-bond acceptors (Lipinski definition) is 5. The largest absolute Gasteiger partial charge is 0.493 e. The van der Waals surface area contributed by atoms with Gasteiger partial charge in [0.15, 0.2) is 15.6 Å². The molecule has 1 heterocycles. The van der Waals surface area contributed by atoms with Crippen molar-refractivity contribution in [2.45, 2.75) is 25.9 Å². The molecule has 1 unspecified atom stereocenters. The third kappa shape index (κ3) is 4.54. The minimum atomic E-state index is -3.47. The highest BCUT2D eigenvalue weighted by Crippen LogP contribution is 2.20. The molecular formula is C15H20O5S. The van der Waals surface area contributed by atoms with E-state index in [9.17, 15) is 13.2 Å². The Balaban J connectivity index is 2.06. The van der Waals surface area contributed by atoms with Crippen molar-refractivity contribution in [1.29, 1.82) is 0 Å². The molecule has 116 valence electrons. The van der Waals surface area contributed by atoms with E-state index in [1.807, 2.05) is 6.92 Å². The van der Waals surface area contributed by atoms with E-state index in [4.69, 9.17) is 9.47 Å². The highest BCUT2D eigenvalue weighted by Gasteiger charge is 2.26. The minimum Gasteiger partial charge on any atom is -0.493 e. The van der Waals surface area contributed by atoms with Crippen LogP contribution in [0.25, 0.3) is 0 Å². The standard InChI is InChI=1S/C15H20O5S/c1-2-19-15-8-4-3-7-13(15)14(16)11-21(17,18)10-12-6-5-9-20-12/h3-4,7-8,12H,2,5-6,9-11H2,1H3. The van der Waals surface area contributed by atoms with E-state index in [0.29, 0.717) is 24.5 Å². The quantitative estimate of drug-likeness (QED) is 0.719. The van der Waals surface area contributed by atoms with Crippen LogP contribution < -0.4 is 4.74 Å². The third-order valence-corrected chi connectivity index (χ3v) is 4.88. The molecule has 0 aliphatic carbocycles. The van der Waals surface area contributed by atoms with Crippen molar-refractivity contribution in [3.8, 4) is 5.75 Å². The monoisotopic (exact) mass is 312 g/mol. The van der Waals surface area contributed by atoms with Gasteiger partial charge in [-0.3, -0.25) is 4.79 Å². The Bertz CT molecular complexity index is 588. The van der Waals surface area contributed by atoms with E-state index >= 15 is 0 Å². The topological polar surface area (TPSA) is 69.7 Å². The Kier molecular flexibility index (Phi) is 5.36. The number of rotatable bonds is 7. The maximum Gasteiger partial charge on any atom is 0.181 e. The molecule has 1 atom stereocenters. The van der Waals surface area contributed by atoms with Gasteiger partial charge >= 0.3 is 0 Å². The second-order valence-corrected chi connectivity index (χ2v) is 7.15. The van der Waals surface area contributed by atoms with Crippen molar-refractivity contribution in [2.24, 2.45) is 0 Å². The first-order chi connectivity index (χ1) is 10.0. The number of ether oxygens (including phenoxy) is 2. The Morgan fingerprint density at radius 3 is 2.81 bits per heavy atom. The number of carbonyl (C=O) groups is 1. The molecule has 2 rings (SSSR count). The summed E-state index contributed by atoms with van der Waals surface area (Å²) >= 11 is 0. The molecular weight excluding hydrogens is 292 g/mol. The molecule has 1 saturated heterocycles. The van der Waals surface area contributed by atoms with Crippen molar-refractivity contribution < 1.29 is 22.7 Å². The summed E-state index contributed by atoms with van der Waals surface area (Å²) in [5.74, 6) is -0.596. The molecule has 0 saturated carbocycles. The first kappa shape index (κ1) is 16.0. The van der Waals surface area contributed by atoms with E-state index in [0.717, 1.165) is 12.8 Å². The van der Waals surface area contributed by atoms with Crippen molar-refractivity contribution in [2.75, 3.05) is 24.7 Å². The van der Waals surface area contributed by atoms with E-state index in [1.54, 1.807) is 24.3 Å². The van der Waals surface area contributed by atoms with Crippen molar-refractivity contribution in [3.63, 3.8) is 0 Å². The number of ketones is 1. The van der Waals surface area contributed by atoms with Gasteiger partial charge in [0.05, 0.1) is 24.0 Å². The summed E-state index contributed by atoms with van der Waals surface area (Å²) in [4.78, 5) is 12.2. The zero-order chi connectivity index (χ0) is 15.3. The molecule has 21 heavy (non-hydrogen) atoms. The second kappa shape index (κ2) is 7.04. The lowest BCUT2D eigenvalue weighted by Gasteiger charge is -2.11. The summed E-state index contributed by atoms with van der Waals surface area (Å²) in [5.41, 5.74) is 0.315. The van der Waals surface area contributed by atoms with E-state index < -0.39 is 21.4 Å². The average molecular weight is 312 g/mol. The third-order valence-electron chi connectivity index (χ3n) is 3.30. The van der Waals surface area contributed by atoms with Gasteiger partial charge in [-0.2, -0.15) is 0 Å². The van der Waals surface area contributed by atoms with Gasteiger partial charge in [-0.25, -0.2) is 8.42 Å². The predicted octanol–water partition coefficient (Wildman–Crippen LogP) is 1.86. The molecule has 6 heteroatoms. The first-order valence-electron chi connectivity index (χ1n) is 7.09. The van der Waals surface area contributed by atoms with Crippen molar-refractivity contribution in [3.05, 3.63) is 29.8 Å². The van der Waals surface area contributed by atoms with Gasteiger partial charge in [0.1, 0.15) is 11.5 Å². The van der Waals surface area contributed by atoms with E-state index in [1.165, 1.54) is 0 Å². The highest BCUT2D eigenvalue weighted by atomic mass is 32.2. The van der Waals surface area contributed by atoms with Crippen LogP contribution in [0.4, 0.5) is 0 Å². The molecule has 1 fully saturated rings. The molecule has 1 aliphatic rings. The van der Waals surface area contributed by atoms with Crippen LogP contribution in [-0.4, -0.2) is 45.0 Å². The van der Waals surface area contributed by atoms with Gasteiger partial charge < -0.3 is 9.47 Å². The maximum atomic E-state index is 12.2. The molecule has 0 N–H and O–H groups in total. The number of carbonyl (C=O) groups excluding carboxylic acids is 1. The summed E-state index contributed by atoms with van der Waals surface area (Å²) in [6.07, 6.45) is 1.34. The molecule has 0 amide bonds. The molecule has 0 radical (unpaired) electrons. The fraction of sp³-hybridized carbons (Fsp3) is 0.533. The number of hydrogen-bond donors (Lipinski definition) is 0. The van der Waals surface area contributed by atoms with Gasteiger partial charge in [0, 0.05) is 6.61 Å². The Labute approximate surface area is 125 Å². The van der Waals surface area contributed by atoms with Gasteiger partial charge in [-0.05, 0) is 31.9 Å². The Hall–Kier alpha value is -1.40. The van der Waals surface area contributed by atoms with E-state index in [-0.39, 0.29) is 11.9 Å². The lowest BCUT2D eigenvalue weighted by molar-refractivity contribution is 0.101. The fourth-order valence-electron chi connectivity index (χ4n) is 2.37. The summed E-state index contributed by atoms with van der Waals surface area (Å²) < 4.78 is 34.9. The second-order valence-electron chi connectivity index (χ2n) is 5.04. The average Bonchev–Trinajstić information content (AvgIpc) is 2.91. The predicted molar refractivity (Wildman–Crippen MR) is 79.6 cm³/mol. The number of para-hydroxylation sites is 1. The normalized spacial score (nSPS) is 18.6. The van der Waals surface area contributed by atoms with Crippen molar-refractivity contribution >= 4 is 15.6 Å². The number of benzene rings is 1. The Morgan fingerprint density at radius 2 is 2.14 bits per heavy atom. The lowest BCUT2D eigenvalue weighted by Crippen LogP contribution is -2.26. The smallest absolute Gasteiger partial charge is 0.181 e. The van der Waals surface area contributed by atoms with Crippen LogP contribution in [0.15, 0.2) is 24.3 Å². The van der Waals surface area contributed by atoms with Crippen LogP contribution in [0.3, 0.4) is 0 Å². The zero-order valence-electron chi connectivity index (χ0n) is 12.1. The van der Waals surface area contributed by atoms with E-state index in [2.05, 4.69) is 0 Å². The van der Waals surface area contributed by atoms with Gasteiger partial charge in [0.2, 0.25) is 0 Å². The van der Waals surface area contributed by atoms with Crippen LogP contribution in [0.5, 0.6) is 5.75 Å². The Morgan fingerprint density at radius 1 is 1.38 bits per heavy atom. The van der Waals surface area contributed by atoms with Gasteiger partial charge in [-0.15, -0.1) is 0 Å². The summed E-state index contributed by atoms with van der Waals surface area (Å²) in [6, 6.07) is 6.71. The summed E-state index contributed by atoms with van der Waals surface area (Å²) in [5, 5.41) is 0. The van der Waals surface area contributed by atoms with Crippen LogP contribution in [0.2, 0.25) is 0 Å². The van der Waals surface area contributed by atoms with Crippen LogP contribution in [-0.2, 0) is 14.6 Å². The van der Waals surface area contributed by atoms with Gasteiger partial charge in [-0.1, -0.05) is 12.1 Å². The fourth-order valence-corrected chi connectivity index (χ4v) is 3.88. The molecule has 0 aromatic heterocycles. The van der Waals surface area contributed by atoms with Gasteiger partial charge in [0.25, 0.3) is 0 Å². The number of sulfone groups is 1. The molecule has 1 aliphatic heterocycles. The molecule has 0 bridgehead atoms. The summed E-state index contributed by atoms with van der Waals surface area (Å²) in [6.45, 7) is 2.84. The molecule has 1 aromatic rings. The molecule has 1 aromatic carbocycles. The maximum absolute atomic E-state index is 12.2. The molecule has 5 nitrogen and oxygen atoms in total. The van der Waals surface area contributed by atoms with Crippen molar-refractivity contribution in [1.82, 2.24) is 0 Å².